The zero-order valence-electron chi connectivity index (χ0n) is 15.6. The topological polar surface area (TPSA) is 82.5 Å². The van der Waals surface area contributed by atoms with Crippen LogP contribution in [0.4, 0.5) is 5.69 Å². The van der Waals surface area contributed by atoms with Gasteiger partial charge < -0.3 is 0 Å². The van der Waals surface area contributed by atoms with Gasteiger partial charge in [0.1, 0.15) is 0 Å². The van der Waals surface area contributed by atoms with Gasteiger partial charge in [0.05, 0.1) is 22.7 Å². The fourth-order valence-corrected chi connectivity index (χ4v) is 3.58. The van der Waals surface area contributed by atoms with Crippen molar-refractivity contribution in [3.8, 4) is 6.07 Å². The summed E-state index contributed by atoms with van der Waals surface area (Å²) in [5.74, 6) is 0. The Balaban J connectivity index is 1.74. The van der Waals surface area contributed by atoms with Crippen LogP contribution in [0.15, 0.2) is 90.0 Å². The summed E-state index contributed by atoms with van der Waals surface area (Å²) >= 11 is 0. The van der Waals surface area contributed by atoms with Gasteiger partial charge in [0, 0.05) is 18.6 Å². The molecule has 6 heteroatoms. The number of hydrazone groups is 1. The minimum absolute atomic E-state index is 0.0000491. The van der Waals surface area contributed by atoms with Crippen molar-refractivity contribution in [2.75, 3.05) is 0 Å². The molecule has 3 aromatic rings. The van der Waals surface area contributed by atoms with E-state index in [0.717, 1.165) is 16.8 Å². The van der Waals surface area contributed by atoms with Crippen molar-refractivity contribution >= 4 is 11.4 Å². The summed E-state index contributed by atoms with van der Waals surface area (Å²) in [7, 11) is 0. The first-order chi connectivity index (χ1) is 14.2. The van der Waals surface area contributed by atoms with Crippen LogP contribution in [0.2, 0.25) is 0 Å². The average molecular weight is 382 g/mol. The van der Waals surface area contributed by atoms with Crippen LogP contribution in [0, 0.1) is 21.4 Å². The molecular formula is C23H18N4O2. The summed E-state index contributed by atoms with van der Waals surface area (Å²) in [4.78, 5) is 10.5. The molecule has 0 radical (unpaired) electrons. The van der Waals surface area contributed by atoms with Crippen molar-refractivity contribution in [3.63, 3.8) is 0 Å². The Kier molecular flexibility index (Phi) is 5.04. The quantitative estimate of drug-likeness (QED) is 0.459. The van der Waals surface area contributed by atoms with Crippen molar-refractivity contribution in [3.05, 3.63) is 112 Å². The smallest absolute Gasteiger partial charge is 0.267 e. The molecule has 0 spiro atoms. The number of hydrogen-bond donors (Lipinski definition) is 0. The lowest BCUT2D eigenvalue weighted by molar-refractivity contribution is -0.384. The summed E-state index contributed by atoms with van der Waals surface area (Å²) in [5.41, 5.74) is 3.69. The van der Waals surface area contributed by atoms with Crippen LogP contribution >= 0.6 is 0 Å². The van der Waals surface area contributed by atoms with E-state index in [0.29, 0.717) is 12.0 Å². The molecule has 1 aliphatic heterocycles. The average Bonchev–Trinajstić information content (AvgIpc) is 3.21. The molecule has 0 amide bonds. The van der Waals surface area contributed by atoms with Crippen LogP contribution in [-0.4, -0.2) is 15.6 Å². The fraction of sp³-hybridized carbons (Fsp3) is 0.130. The highest BCUT2D eigenvalue weighted by atomic mass is 16.6. The van der Waals surface area contributed by atoms with Gasteiger partial charge in [-0.05, 0) is 28.8 Å². The maximum Gasteiger partial charge on any atom is 0.269 e. The molecule has 0 N–H and O–H groups in total. The molecule has 142 valence electrons. The number of nitrogens with zero attached hydrogens (tertiary/aromatic N) is 4. The van der Waals surface area contributed by atoms with Crippen molar-refractivity contribution in [1.29, 1.82) is 5.26 Å². The monoisotopic (exact) mass is 382 g/mol. The van der Waals surface area contributed by atoms with Gasteiger partial charge >= 0.3 is 0 Å². The van der Waals surface area contributed by atoms with Crippen molar-refractivity contribution in [2.24, 2.45) is 5.10 Å². The number of nitro benzene ring substituents is 1. The molecule has 0 saturated heterocycles. The van der Waals surface area contributed by atoms with Gasteiger partial charge in [0.25, 0.3) is 5.69 Å². The molecule has 1 aliphatic rings. The van der Waals surface area contributed by atoms with Crippen LogP contribution in [0.1, 0.15) is 35.2 Å². The molecule has 0 bridgehead atoms. The summed E-state index contributed by atoms with van der Waals surface area (Å²) in [6.07, 6.45) is 0.680. The second-order valence-electron chi connectivity index (χ2n) is 6.80. The maximum atomic E-state index is 11.0. The Bertz CT molecular complexity index is 1070. The van der Waals surface area contributed by atoms with E-state index in [1.165, 1.54) is 12.1 Å². The molecule has 4 rings (SSSR count). The Labute approximate surface area is 168 Å². The first-order valence-corrected chi connectivity index (χ1v) is 9.27. The van der Waals surface area contributed by atoms with E-state index >= 15 is 0 Å². The van der Waals surface area contributed by atoms with Crippen molar-refractivity contribution < 1.29 is 4.92 Å². The first-order valence-electron chi connectivity index (χ1n) is 9.27. The van der Waals surface area contributed by atoms with E-state index in [2.05, 4.69) is 6.07 Å². The lowest BCUT2D eigenvalue weighted by Gasteiger charge is -2.28. The number of nitriles is 1. The van der Waals surface area contributed by atoms with E-state index in [1.807, 2.05) is 65.7 Å². The Morgan fingerprint density at radius 3 is 2.21 bits per heavy atom. The van der Waals surface area contributed by atoms with Gasteiger partial charge in [0.2, 0.25) is 0 Å². The molecule has 0 aromatic heterocycles. The Morgan fingerprint density at radius 2 is 1.62 bits per heavy atom. The predicted molar refractivity (Wildman–Crippen MR) is 110 cm³/mol. The minimum Gasteiger partial charge on any atom is -0.267 e. The third-order valence-electron chi connectivity index (χ3n) is 5.04. The lowest BCUT2D eigenvalue weighted by atomic mass is 9.97. The van der Waals surface area contributed by atoms with Gasteiger partial charge in [-0.15, -0.1) is 0 Å². The first kappa shape index (κ1) is 18.4. The predicted octanol–water partition coefficient (Wildman–Crippen LogP) is 5.01. The lowest BCUT2D eigenvalue weighted by Crippen LogP contribution is -2.24. The van der Waals surface area contributed by atoms with Crippen LogP contribution < -0.4 is 0 Å². The third kappa shape index (κ3) is 3.71. The van der Waals surface area contributed by atoms with E-state index in [-0.39, 0.29) is 11.7 Å². The normalized spacial score (nSPS) is 16.7. The fourth-order valence-electron chi connectivity index (χ4n) is 3.58. The van der Waals surface area contributed by atoms with Crippen LogP contribution in [-0.2, 0) is 0 Å². The highest BCUT2D eigenvalue weighted by molar-refractivity contribution is 6.01. The number of benzene rings is 3. The molecule has 29 heavy (non-hydrogen) atoms. The minimum atomic E-state index is -0.651. The SMILES string of the molecule is N#C[C@@H](c1ccc([N+](=O)[O-])cc1)N1N=C(c2ccccc2)C[C@@H]1c1ccccc1. The Hall–Kier alpha value is -3.98. The summed E-state index contributed by atoms with van der Waals surface area (Å²) in [5, 5.41) is 27.5. The second-order valence-corrected chi connectivity index (χ2v) is 6.80. The molecule has 0 aliphatic carbocycles. The number of nitro groups is 1. The summed E-state index contributed by atoms with van der Waals surface area (Å²) in [6.45, 7) is 0. The largest absolute Gasteiger partial charge is 0.269 e. The van der Waals surface area contributed by atoms with E-state index in [1.54, 1.807) is 12.1 Å². The number of rotatable bonds is 5. The van der Waals surface area contributed by atoms with E-state index in [4.69, 9.17) is 5.10 Å². The Morgan fingerprint density at radius 1 is 1.00 bits per heavy atom. The number of hydrogen-bond acceptors (Lipinski definition) is 5. The standard InChI is InChI=1S/C23H18N4O2/c24-16-23(19-11-13-20(14-12-19)27(28)29)26-22(18-9-5-2-6-10-18)15-21(25-26)17-7-3-1-4-8-17/h1-14,22-23H,15H2/t22-,23+/m1/s1. The van der Waals surface area contributed by atoms with Gasteiger partial charge in [-0.2, -0.15) is 10.4 Å². The molecule has 6 nitrogen and oxygen atoms in total. The molecule has 0 fully saturated rings. The molecule has 2 atom stereocenters. The molecule has 0 saturated carbocycles. The highest BCUT2D eigenvalue weighted by Gasteiger charge is 2.34. The zero-order valence-corrected chi connectivity index (χ0v) is 15.6. The summed E-state index contributed by atoms with van der Waals surface area (Å²) < 4.78 is 0. The van der Waals surface area contributed by atoms with Crippen LogP contribution in [0.25, 0.3) is 0 Å². The number of non-ortho nitro benzene ring substituents is 1. The molecule has 0 unspecified atom stereocenters. The molecular weight excluding hydrogens is 364 g/mol. The third-order valence-corrected chi connectivity index (χ3v) is 5.04. The summed E-state index contributed by atoms with van der Waals surface area (Å²) in [6, 6.07) is 27.6. The van der Waals surface area contributed by atoms with Crippen LogP contribution in [0.5, 0.6) is 0 Å². The van der Waals surface area contributed by atoms with Gasteiger partial charge in [0.15, 0.2) is 6.04 Å². The maximum absolute atomic E-state index is 11.0. The highest BCUT2D eigenvalue weighted by Crippen LogP contribution is 2.39. The van der Waals surface area contributed by atoms with Gasteiger partial charge in [-0.1, -0.05) is 60.7 Å². The molecule has 3 aromatic carbocycles. The van der Waals surface area contributed by atoms with Gasteiger partial charge in [-0.3, -0.25) is 15.1 Å². The van der Waals surface area contributed by atoms with Crippen LogP contribution in [0.3, 0.4) is 0 Å². The second kappa shape index (κ2) is 7.95. The van der Waals surface area contributed by atoms with E-state index in [9.17, 15) is 15.4 Å². The molecule has 1 heterocycles. The van der Waals surface area contributed by atoms with Crippen molar-refractivity contribution in [1.82, 2.24) is 5.01 Å². The van der Waals surface area contributed by atoms with Crippen molar-refractivity contribution in [2.45, 2.75) is 18.5 Å². The zero-order chi connectivity index (χ0) is 20.2. The van der Waals surface area contributed by atoms with Gasteiger partial charge in [-0.25, -0.2) is 0 Å². The van der Waals surface area contributed by atoms with E-state index < -0.39 is 11.0 Å².